The molecule has 2 N–H and O–H groups in total. The van der Waals surface area contributed by atoms with E-state index in [1.807, 2.05) is 30.3 Å². The van der Waals surface area contributed by atoms with Crippen LogP contribution in [0.15, 0.2) is 54.6 Å². The van der Waals surface area contributed by atoms with Crippen LogP contribution in [0, 0.1) is 5.82 Å². The summed E-state index contributed by atoms with van der Waals surface area (Å²) in [5.41, 5.74) is 1.64. The molecule has 0 unspecified atom stereocenters. The van der Waals surface area contributed by atoms with Crippen molar-refractivity contribution in [3.05, 3.63) is 66.0 Å². The number of hydrogen-bond acceptors (Lipinski definition) is 2. The largest absolute Gasteiger partial charge is 0.334 e. The molecule has 0 radical (unpaired) electrons. The van der Waals surface area contributed by atoms with Gasteiger partial charge in [-0.2, -0.15) is 0 Å². The second kappa shape index (κ2) is 7.12. The molecule has 1 atom stereocenters. The van der Waals surface area contributed by atoms with E-state index >= 15 is 0 Å². The molecule has 1 saturated heterocycles. The highest BCUT2D eigenvalue weighted by atomic mass is 19.1. The lowest BCUT2D eigenvalue weighted by Crippen LogP contribution is -2.43. The standard InChI is InChI=1S/C18H18FN3O2/c19-14-8-6-13(7-9-14)11-20-18(24)21-15-10-17(23)22(12-15)16-4-2-1-3-5-16/h1-9,15H,10-12H2,(H2,20,21,24)/t15-/m1/s1. The van der Waals surface area contributed by atoms with Crippen molar-refractivity contribution in [2.75, 3.05) is 11.4 Å². The third-order valence-corrected chi connectivity index (χ3v) is 3.89. The van der Waals surface area contributed by atoms with Crippen molar-refractivity contribution in [2.24, 2.45) is 0 Å². The van der Waals surface area contributed by atoms with E-state index < -0.39 is 0 Å². The minimum absolute atomic E-state index is 0.00923. The van der Waals surface area contributed by atoms with E-state index in [4.69, 9.17) is 0 Å². The number of carbonyl (C=O) groups is 2. The molecule has 3 rings (SSSR count). The van der Waals surface area contributed by atoms with Gasteiger partial charge in [0.1, 0.15) is 5.82 Å². The molecule has 24 heavy (non-hydrogen) atoms. The lowest BCUT2D eigenvalue weighted by Gasteiger charge is -2.17. The fraction of sp³-hybridized carbons (Fsp3) is 0.222. The van der Waals surface area contributed by atoms with Crippen molar-refractivity contribution in [3.8, 4) is 0 Å². The van der Waals surface area contributed by atoms with E-state index in [1.165, 1.54) is 12.1 Å². The summed E-state index contributed by atoms with van der Waals surface area (Å²) in [6, 6.07) is 14.7. The maximum atomic E-state index is 12.8. The minimum Gasteiger partial charge on any atom is -0.334 e. The molecule has 1 heterocycles. The average Bonchev–Trinajstić information content (AvgIpc) is 2.95. The Morgan fingerprint density at radius 1 is 1.12 bits per heavy atom. The van der Waals surface area contributed by atoms with Crippen molar-refractivity contribution < 1.29 is 14.0 Å². The SMILES string of the molecule is O=C(NCc1ccc(F)cc1)N[C@@H]1CC(=O)N(c2ccccc2)C1. The molecule has 1 aliphatic rings. The summed E-state index contributed by atoms with van der Waals surface area (Å²) in [5, 5.41) is 5.52. The van der Waals surface area contributed by atoms with Crippen molar-refractivity contribution in [1.29, 1.82) is 0 Å². The molecule has 2 aromatic carbocycles. The third kappa shape index (κ3) is 3.90. The highest BCUT2D eigenvalue weighted by Crippen LogP contribution is 2.20. The van der Waals surface area contributed by atoms with Gasteiger partial charge in [0.2, 0.25) is 5.91 Å². The van der Waals surface area contributed by atoms with E-state index in [1.54, 1.807) is 17.0 Å². The van der Waals surface area contributed by atoms with E-state index in [9.17, 15) is 14.0 Å². The molecule has 0 bridgehead atoms. The molecule has 0 aliphatic carbocycles. The number of carbonyl (C=O) groups excluding carboxylic acids is 2. The van der Waals surface area contributed by atoms with E-state index in [0.717, 1.165) is 11.3 Å². The van der Waals surface area contributed by atoms with Crippen LogP contribution in [0.25, 0.3) is 0 Å². The predicted molar refractivity (Wildman–Crippen MR) is 89.0 cm³/mol. The van der Waals surface area contributed by atoms with Gasteiger partial charge in [0, 0.05) is 25.2 Å². The molecule has 2 aromatic rings. The summed E-state index contributed by atoms with van der Waals surface area (Å²) < 4.78 is 12.8. The summed E-state index contributed by atoms with van der Waals surface area (Å²) in [6.07, 6.45) is 0.277. The van der Waals surface area contributed by atoms with Gasteiger partial charge in [-0.15, -0.1) is 0 Å². The molecular weight excluding hydrogens is 309 g/mol. The topological polar surface area (TPSA) is 61.4 Å². The zero-order valence-corrected chi connectivity index (χ0v) is 13.0. The molecule has 1 fully saturated rings. The van der Waals surface area contributed by atoms with Crippen molar-refractivity contribution >= 4 is 17.6 Å². The molecule has 1 aliphatic heterocycles. The van der Waals surface area contributed by atoms with Crippen LogP contribution in [-0.2, 0) is 11.3 Å². The lowest BCUT2D eigenvalue weighted by molar-refractivity contribution is -0.117. The summed E-state index contributed by atoms with van der Waals surface area (Å²) in [5.74, 6) is -0.321. The number of hydrogen-bond donors (Lipinski definition) is 2. The van der Waals surface area contributed by atoms with Crippen LogP contribution in [0.4, 0.5) is 14.9 Å². The lowest BCUT2D eigenvalue weighted by atomic mass is 10.2. The van der Waals surface area contributed by atoms with Crippen molar-refractivity contribution in [2.45, 2.75) is 19.0 Å². The van der Waals surface area contributed by atoms with Gasteiger partial charge in [0.25, 0.3) is 0 Å². The van der Waals surface area contributed by atoms with E-state index in [0.29, 0.717) is 13.1 Å². The maximum absolute atomic E-state index is 12.8. The fourth-order valence-electron chi connectivity index (χ4n) is 2.68. The van der Waals surface area contributed by atoms with E-state index in [2.05, 4.69) is 10.6 Å². The van der Waals surface area contributed by atoms with Crippen LogP contribution in [-0.4, -0.2) is 24.5 Å². The number of para-hydroxylation sites is 1. The summed E-state index contributed by atoms with van der Waals surface area (Å²) in [4.78, 5) is 25.7. The monoisotopic (exact) mass is 327 g/mol. The van der Waals surface area contributed by atoms with Gasteiger partial charge in [-0.3, -0.25) is 4.79 Å². The molecule has 5 nitrogen and oxygen atoms in total. The number of benzene rings is 2. The first-order valence-corrected chi connectivity index (χ1v) is 7.76. The summed E-state index contributed by atoms with van der Waals surface area (Å²) >= 11 is 0. The van der Waals surface area contributed by atoms with Gasteiger partial charge < -0.3 is 15.5 Å². The van der Waals surface area contributed by atoms with Crippen molar-refractivity contribution in [3.63, 3.8) is 0 Å². The normalized spacial score (nSPS) is 17.0. The Kier molecular flexibility index (Phi) is 4.74. The number of amides is 3. The van der Waals surface area contributed by atoms with Crippen LogP contribution in [0.5, 0.6) is 0 Å². The summed E-state index contributed by atoms with van der Waals surface area (Å²) in [6.45, 7) is 0.752. The smallest absolute Gasteiger partial charge is 0.315 e. The Balaban J connectivity index is 1.50. The predicted octanol–water partition coefficient (Wildman–Crippen LogP) is 2.43. The minimum atomic E-state index is -0.341. The first kappa shape index (κ1) is 16.0. The van der Waals surface area contributed by atoms with Crippen molar-refractivity contribution in [1.82, 2.24) is 10.6 Å². The van der Waals surface area contributed by atoms with Crippen LogP contribution < -0.4 is 15.5 Å². The number of urea groups is 1. The number of nitrogens with one attached hydrogen (secondary N) is 2. The van der Waals surface area contributed by atoms with Gasteiger partial charge >= 0.3 is 6.03 Å². The average molecular weight is 327 g/mol. The molecule has 0 aromatic heterocycles. The molecular formula is C18H18FN3O2. The maximum Gasteiger partial charge on any atom is 0.315 e. The Hall–Kier alpha value is -2.89. The first-order valence-electron chi connectivity index (χ1n) is 7.76. The van der Waals surface area contributed by atoms with Crippen LogP contribution in [0.3, 0.4) is 0 Å². The quantitative estimate of drug-likeness (QED) is 0.906. The van der Waals surface area contributed by atoms with Crippen LogP contribution >= 0.6 is 0 Å². The summed E-state index contributed by atoms with van der Waals surface area (Å²) in [7, 11) is 0. The highest BCUT2D eigenvalue weighted by Gasteiger charge is 2.31. The zero-order valence-electron chi connectivity index (χ0n) is 13.0. The molecule has 0 saturated carbocycles. The molecule has 0 spiro atoms. The fourth-order valence-corrected chi connectivity index (χ4v) is 2.68. The van der Waals surface area contributed by atoms with Gasteiger partial charge in [0.05, 0.1) is 6.04 Å². The molecule has 124 valence electrons. The Morgan fingerprint density at radius 2 is 1.83 bits per heavy atom. The Bertz CT molecular complexity index is 719. The molecule has 6 heteroatoms. The highest BCUT2D eigenvalue weighted by molar-refractivity contribution is 5.96. The van der Waals surface area contributed by atoms with Gasteiger partial charge in [-0.05, 0) is 29.8 Å². The number of nitrogens with zero attached hydrogens (tertiary/aromatic N) is 1. The van der Waals surface area contributed by atoms with Crippen LogP contribution in [0.1, 0.15) is 12.0 Å². The second-order valence-electron chi connectivity index (χ2n) is 5.69. The van der Waals surface area contributed by atoms with Gasteiger partial charge in [-0.25, -0.2) is 9.18 Å². The Morgan fingerprint density at radius 3 is 2.54 bits per heavy atom. The zero-order chi connectivity index (χ0) is 16.9. The number of halogens is 1. The van der Waals surface area contributed by atoms with E-state index in [-0.39, 0.29) is 30.2 Å². The number of rotatable bonds is 4. The number of anilines is 1. The molecule has 3 amide bonds. The Labute approximate surface area is 139 Å². The van der Waals surface area contributed by atoms with Gasteiger partial charge in [0.15, 0.2) is 0 Å². The van der Waals surface area contributed by atoms with Crippen LogP contribution in [0.2, 0.25) is 0 Å². The van der Waals surface area contributed by atoms with Gasteiger partial charge in [-0.1, -0.05) is 30.3 Å². The second-order valence-corrected chi connectivity index (χ2v) is 5.69. The third-order valence-electron chi connectivity index (χ3n) is 3.89. The first-order chi connectivity index (χ1) is 11.6.